The average Bonchev–Trinajstić information content (AvgIpc) is 2.47. The summed E-state index contributed by atoms with van der Waals surface area (Å²) in [5, 5.41) is 10.5. The molecule has 1 atom stereocenters. The lowest BCUT2D eigenvalue weighted by molar-refractivity contribution is 0.245. The minimum atomic E-state index is -0.639. The Morgan fingerprint density at radius 2 is 1.60 bits per heavy atom. The number of para-hydroxylation sites is 1. The van der Waals surface area contributed by atoms with Crippen molar-refractivity contribution in [2.75, 3.05) is 0 Å². The van der Waals surface area contributed by atoms with E-state index in [9.17, 15) is 5.11 Å². The standard InChI is InChI=1S/C18H21NO/c1-4-16(18(20)15-11-6-5-7-12-15)19-17-13(2)9-8-10-14(17)3/h5-12,18,20H,4H2,1-3H3. The zero-order chi connectivity index (χ0) is 14.5. The quantitative estimate of drug-likeness (QED) is 0.812. The number of rotatable bonds is 4. The minimum Gasteiger partial charge on any atom is -0.382 e. The van der Waals surface area contributed by atoms with Crippen LogP contribution in [0, 0.1) is 13.8 Å². The lowest BCUT2D eigenvalue weighted by Crippen LogP contribution is -2.11. The van der Waals surface area contributed by atoms with Gasteiger partial charge in [-0.05, 0) is 37.0 Å². The van der Waals surface area contributed by atoms with E-state index < -0.39 is 6.10 Å². The monoisotopic (exact) mass is 267 g/mol. The molecular weight excluding hydrogens is 246 g/mol. The molecule has 2 heteroatoms. The Bertz CT molecular complexity index is 582. The van der Waals surface area contributed by atoms with Gasteiger partial charge in [0.1, 0.15) is 6.10 Å². The van der Waals surface area contributed by atoms with Crippen molar-refractivity contribution in [2.24, 2.45) is 4.99 Å². The van der Waals surface area contributed by atoms with Crippen molar-refractivity contribution in [3.05, 3.63) is 65.2 Å². The first-order valence-corrected chi connectivity index (χ1v) is 7.00. The first-order valence-electron chi connectivity index (χ1n) is 7.00. The summed E-state index contributed by atoms with van der Waals surface area (Å²) in [6.45, 7) is 6.13. The van der Waals surface area contributed by atoms with Gasteiger partial charge in [0.2, 0.25) is 0 Å². The van der Waals surface area contributed by atoms with Crippen LogP contribution in [-0.4, -0.2) is 10.8 Å². The number of aliphatic imine (C=N–C) groups is 1. The minimum absolute atomic E-state index is 0.639. The summed E-state index contributed by atoms with van der Waals surface area (Å²) in [7, 11) is 0. The second-order valence-electron chi connectivity index (χ2n) is 5.01. The molecule has 0 aromatic heterocycles. The van der Waals surface area contributed by atoms with Crippen molar-refractivity contribution in [3.63, 3.8) is 0 Å². The molecule has 1 unspecified atom stereocenters. The topological polar surface area (TPSA) is 32.6 Å². The average molecular weight is 267 g/mol. The number of hydrogen-bond acceptors (Lipinski definition) is 2. The van der Waals surface area contributed by atoms with Gasteiger partial charge in [0.05, 0.1) is 11.4 Å². The third-order valence-electron chi connectivity index (χ3n) is 3.49. The van der Waals surface area contributed by atoms with Crippen molar-refractivity contribution >= 4 is 11.4 Å². The highest BCUT2D eigenvalue weighted by atomic mass is 16.3. The van der Waals surface area contributed by atoms with Crippen LogP contribution in [0.5, 0.6) is 0 Å². The van der Waals surface area contributed by atoms with E-state index in [1.807, 2.05) is 69.3 Å². The Kier molecular flexibility index (Phi) is 4.70. The van der Waals surface area contributed by atoms with E-state index in [1.54, 1.807) is 0 Å². The fourth-order valence-electron chi connectivity index (χ4n) is 2.29. The Balaban J connectivity index is 2.40. The Hall–Kier alpha value is -1.93. The molecule has 2 rings (SSSR count). The number of hydrogen-bond donors (Lipinski definition) is 1. The van der Waals surface area contributed by atoms with Crippen LogP contribution >= 0.6 is 0 Å². The fourth-order valence-corrected chi connectivity index (χ4v) is 2.29. The van der Waals surface area contributed by atoms with Crippen LogP contribution in [0.25, 0.3) is 0 Å². The Morgan fingerprint density at radius 1 is 1.00 bits per heavy atom. The molecule has 0 spiro atoms. The molecule has 0 heterocycles. The number of nitrogens with zero attached hydrogens (tertiary/aromatic N) is 1. The molecule has 104 valence electrons. The zero-order valence-electron chi connectivity index (χ0n) is 12.3. The molecule has 20 heavy (non-hydrogen) atoms. The highest BCUT2D eigenvalue weighted by Gasteiger charge is 2.14. The van der Waals surface area contributed by atoms with Gasteiger partial charge in [-0.2, -0.15) is 0 Å². The van der Waals surface area contributed by atoms with Gasteiger partial charge in [-0.15, -0.1) is 0 Å². The third kappa shape index (κ3) is 3.14. The molecule has 0 aliphatic heterocycles. The molecular formula is C18H21NO. The lowest BCUT2D eigenvalue weighted by atomic mass is 10.0. The van der Waals surface area contributed by atoms with Gasteiger partial charge in [-0.1, -0.05) is 55.5 Å². The third-order valence-corrected chi connectivity index (χ3v) is 3.49. The number of aliphatic hydroxyl groups is 1. The molecule has 1 N–H and O–H groups in total. The molecule has 0 fully saturated rings. The molecule has 2 nitrogen and oxygen atoms in total. The highest BCUT2D eigenvalue weighted by Crippen LogP contribution is 2.26. The molecule has 0 saturated carbocycles. The second kappa shape index (κ2) is 6.49. The fraction of sp³-hybridized carbons (Fsp3) is 0.278. The van der Waals surface area contributed by atoms with Crippen LogP contribution in [0.3, 0.4) is 0 Å². The van der Waals surface area contributed by atoms with Gasteiger partial charge >= 0.3 is 0 Å². The van der Waals surface area contributed by atoms with E-state index in [2.05, 4.69) is 0 Å². The lowest BCUT2D eigenvalue weighted by Gasteiger charge is -2.14. The number of aliphatic hydroxyl groups excluding tert-OH is 1. The first-order chi connectivity index (χ1) is 9.63. The van der Waals surface area contributed by atoms with Crippen LogP contribution in [0.1, 0.15) is 36.1 Å². The van der Waals surface area contributed by atoms with Crippen LogP contribution in [0.15, 0.2) is 53.5 Å². The van der Waals surface area contributed by atoms with E-state index >= 15 is 0 Å². The Labute approximate surface area is 120 Å². The van der Waals surface area contributed by atoms with Crippen LogP contribution in [0.2, 0.25) is 0 Å². The summed E-state index contributed by atoms with van der Waals surface area (Å²) in [5.41, 5.74) is 4.93. The normalized spacial score (nSPS) is 13.3. The van der Waals surface area contributed by atoms with Gasteiger partial charge in [0.15, 0.2) is 0 Å². The van der Waals surface area contributed by atoms with Gasteiger partial charge in [0.25, 0.3) is 0 Å². The van der Waals surface area contributed by atoms with E-state index in [1.165, 1.54) is 0 Å². The Morgan fingerprint density at radius 3 is 2.15 bits per heavy atom. The summed E-state index contributed by atoms with van der Waals surface area (Å²) >= 11 is 0. The van der Waals surface area contributed by atoms with E-state index in [4.69, 9.17) is 4.99 Å². The van der Waals surface area contributed by atoms with Crippen molar-refractivity contribution in [1.82, 2.24) is 0 Å². The zero-order valence-corrected chi connectivity index (χ0v) is 12.3. The number of benzene rings is 2. The van der Waals surface area contributed by atoms with Gasteiger partial charge in [-0.3, -0.25) is 4.99 Å². The number of aryl methyl sites for hydroxylation is 2. The second-order valence-corrected chi connectivity index (χ2v) is 5.01. The smallest absolute Gasteiger partial charge is 0.117 e. The molecule has 2 aromatic carbocycles. The largest absolute Gasteiger partial charge is 0.382 e. The van der Waals surface area contributed by atoms with Gasteiger partial charge in [-0.25, -0.2) is 0 Å². The predicted octanol–water partition coefficient (Wildman–Crippen LogP) is 4.52. The van der Waals surface area contributed by atoms with Gasteiger partial charge < -0.3 is 5.11 Å². The van der Waals surface area contributed by atoms with Gasteiger partial charge in [0, 0.05) is 0 Å². The van der Waals surface area contributed by atoms with Crippen molar-refractivity contribution < 1.29 is 5.11 Å². The summed E-state index contributed by atoms with van der Waals surface area (Å²) in [6.07, 6.45) is 0.0873. The first kappa shape index (κ1) is 14.5. The maximum absolute atomic E-state index is 10.5. The van der Waals surface area contributed by atoms with E-state index in [-0.39, 0.29) is 0 Å². The van der Waals surface area contributed by atoms with E-state index in [0.717, 1.165) is 34.5 Å². The van der Waals surface area contributed by atoms with Crippen LogP contribution < -0.4 is 0 Å². The summed E-state index contributed by atoms with van der Waals surface area (Å²) in [4.78, 5) is 4.72. The predicted molar refractivity (Wildman–Crippen MR) is 84.7 cm³/mol. The summed E-state index contributed by atoms with van der Waals surface area (Å²) < 4.78 is 0. The van der Waals surface area contributed by atoms with Crippen molar-refractivity contribution in [2.45, 2.75) is 33.3 Å². The van der Waals surface area contributed by atoms with Crippen molar-refractivity contribution in [3.8, 4) is 0 Å². The molecule has 0 aliphatic rings. The summed E-state index contributed by atoms with van der Waals surface area (Å²) in [5.74, 6) is 0. The molecule has 2 aromatic rings. The maximum Gasteiger partial charge on any atom is 0.117 e. The summed E-state index contributed by atoms with van der Waals surface area (Å²) in [6, 6.07) is 15.8. The molecule has 0 amide bonds. The molecule has 0 bridgehead atoms. The molecule has 0 radical (unpaired) electrons. The van der Waals surface area contributed by atoms with E-state index in [0.29, 0.717) is 0 Å². The molecule has 0 aliphatic carbocycles. The maximum atomic E-state index is 10.5. The van der Waals surface area contributed by atoms with Crippen LogP contribution in [0.4, 0.5) is 5.69 Å². The van der Waals surface area contributed by atoms with Crippen molar-refractivity contribution in [1.29, 1.82) is 0 Å². The highest BCUT2D eigenvalue weighted by molar-refractivity contribution is 5.92. The SMILES string of the molecule is CCC(=Nc1c(C)cccc1C)C(O)c1ccccc1. The molecule has 0 saturated heterocycles. The van der Waals surface area contributed by atoms with Crippen LogP contribution in [-0.2, 0) is 0 Å².